The smallest absolute Gasteiger partial charge is 0.265 e. The predicted octanol–water partition coefficient (Wildman–Crippen LogP) is 4.96. The first-order valence-electron chi connectivity index (χ1n) is 15.5. The van der Waals surface area contributed by atoms with Gasteiger partial charge in [0.2, 0.25) is 11.8 Å². The van der Waals surface area contributed by atoms with Crippen molar-refractivity contribution in [3.8, 4) is 16.9 Å². The van der Waals surface area contributed by atoms with Crippen molar-refractivity contribution in [1.29, 1.82) is 0 Å². The lowest BCUT2D eigenvalue weighted by molar-refractivity contribution is -0.123. The maximum atomic E-state index is 14.5. The summed E-state index contributed by atoms with van der Waals surface area (Å²) in [7, 11) is 1.65. The van der Waals surface area contributed by atoms with Crippen LogP contribution in [0.4, 0.5) is 17.1 Å². The quantitative estimate of drug-likeness (QED) is 0.321. The van der Waals surface area contributed by atoms with Gasteiger partial charge in [0.1, 0.15) is 5.75 Å². The second kappa shape index (κ2) is 13.2. The Morgan fingerprint density at radius 2 is 1.84 bits per heavy atom. The average Bonchev–Trinajstić information content (AvgIpc) is 3.87. The minimum atomic E-state index is -0.239. The van der Waals surface area contributed by atoms with Gasteiger partial charge in [0, 0.05) is 51.1 Å². The molecule has 2 N–H and O–H groups in total. The number of fused-ring (bicyclic) bond motifs is 1. The number of anilines is 3. The number of nitrogens with zero attached hydrogens (tertiary/aromatic N) is 2. The molecule has 0 bridgehead atoms. The first-order chi connectivity index (χ1) is 21.4. The van der Waals surface area contributed by atoms with E-state index in [9.17, 15) is 14.4 Å². The topological polar surface area (TPSA) is 100 Å². The summed E-state index contributed by atoms with van der Waals surface area (Å²) >= 11 is 0. The fourth-order valence-corrected chi connectivity index (χ4v) is 6.43. The molecule has 2 fully saturated rings. The standard InChI is InChI=1S/C35H40N4O5/c1-23(40)37-27-9-4-7-25(19-27)24-6-3-8-26(18-24)30-14-15-36-21-31(30)35(42)39(28-10-11-28)29-12-13-33-32(20-29)38(16-5-17-43-2)34(41)22-44-33/h3-4,6-9,12-13,18-20,28,30-31,36H,5,10-11,14-17,21-22H2,1-2H3,(H,37,40)/t30-,31+/m1/s1. The number of methoxy groups -OCH3 is 1. The van der Waals surface area contributed by atoms with Gasteiger partial charge >= 0.3 is 0 Å². The van der Waals surface area contributed by atoms with Crippen LogP contribution in [0.25, 0.3) is 11.1 Å². The third-order valence-corrected chi connectivity index (χ3v) is 8.67. The zero-order valence-corrected chi connectivity index (χ0v) is 25.4. The van der Waals surface area contributed by atoms with Crippen LogP contribution in [0.5, 0.6) is 5.75 Å². The molecule has 3 aromatic rings. The van der Waals surface area contributed by atoms with Gasteiger partial charge in [-0.05, 0) is 85.2 Å². The fraction of sp³-hybridized carbons (Fsp3) is 0.400. The summed E-state index contributed by atoms with van der Waals surface area (Å²) in [5.41, 5.74) is 5.46. The van der Waals surface area contributed by atoms with Crippen LogP contribution >= 0.6 is 0 Å². The molecular formula is C35H40N4O5. The van der Waals surface area contributed by atoms with Crippen molar-refractivity contribution in [2.24, 2.45) is 5.92 Å². The highest BCUT2D eigenvalue weighted by Crippen LogP contribution is 2.42. The Kier molecular flexibility index (Phi) is 8.95. The van der Waals surface area contributed by atoms with Crippen molar-refractivity contribution in [1.82, 2.24) is 5.32 Å². The lowest BCUT2D eigenvalue weighted by Gasteiger charge is -2.36. The Hall–Kier alpha value is -4.21. The Morgan fingerprint density at radius 3 is 2.61 bits per heavy atom. The first-order valence-corrected chi connectivity index (χ1v) is 15.5. The number of ether oxygens (including phenoxy) is 2. The van der Waals surface area contributed by atoms with E-state index in [1.165, 1.54) is 6.92 Å². The largest absolute Gasteiger partial charge is 0.482 e. The monoisotopic (exact) mass is 596 g/mol. The van der Waals surface area contributed by atoms with E-state index in [4.69, 9.17) is 9.47 Å². The highest BCUT2D eigenvalue weighted by atomic mass is 16.5. The molecule has 0 unspecified atom stereocenters. The first kappa shape index (κ1) is 29.8. The molecule has 9 heteroatoms. The van der Waals surface area contributed by atoms with Crippen LogP contribution in [-0.4, -0.2) is 63.7 Å². The van der Waals surface area contributed by atoms with Gasteiger partial charge in [-0.1, -0.05) is 36.4 Å². The second-order valence-electron chi connectivity index (χ2n) is 11.9. The maximum Gasteiger partial charge on any atom is 0.265 e. The van der Waals surface area contributed by atoms with Gasteiger partial charge in [0.25, 0.3) is 5.91 Å². The van der Waals surface area contributed by atoms with Crippen molar-refractivity contribution in [3.05, 3.63) is 72.3 Å². The highest BCUT2D eigenvalue weighted by molar-refractivity contribution is 6.01. The summed E-state index contributed by atoms with van der Waals surface area (Å²) in [6.45, 7) is 4.05. The van der Waals surface area contributed by atoms with Crippen molar-refractivity contribution < 1.29 is 23.9 Å². The third kappa shape index (κ3) is 6.49. The number of nitrogens with one attached hydrogen (secondary N) is 2. The van der Waals surface area contributed by atoms with Gasteiger partial charge in [0.05, 0.1) is 11.6 Å². The molecule has 3 aromatic carbocycles. The van der Waals surface area contributed by atoms with Gasteiger partial charge in [-0.3, -0.25) is 14.4 Å². The predicted molar refractivity (Wildman–Crippen MR) is 171 cm³/mol. The minimum absolute atomic E-state index is 0.0105. The molecule has 2 aliphatic heterocycles. The van der Waals surface area contributed by atoms with Gasteiger partial charge < -0.3 is 29.9 Å². The van der Waals surface area contributed by atoms with Crippen molar-refractivity contribution >= 4 is 34.8 Å². The zero-order valence-electron chi connectivity index (χ0n) is 25.4. The van der Waals surface area contributed by atoms with E-state index >= 15 is 0 Å². The molecule has 3 amide bonds. The van der Waals surface area contributed by atoms with E-state index in [-0.39, 0.29) is 42.2 Å². The Labute approximate surface area is 258 Å². The maximum absolute atomic E-state index is 14.5. The van der Waals surface area contributed by atoms with Crippen molar-refractivity contribution in [2.75, 3.05) is 55.1 Å². The lowest BCUT2D eigenvalue weighted by atomic mass is 9.79. The number of hydrogen-bond donors (Lipinski definition) is 2. The van der Waals surface area contributed by atoms with Crippen molar-refractivity contribution in [2.45, 2.75) is 44.6 Å². The van der Waals surface area contributed by atoms with Crippen LogP contribution in [0.15, 0.2) is 66.7 Å². The average molecular weight is 597 g/mol. The molecule has 2 atom stereocenters. The summed E-state index contributed by atoms with van der Waals surface area (Å²) in [6.07, 6.45) is 3.48. The number of hydrogen-bond acceptors (Lipinski definition) is 6. The number of benzene rings is 3. The minimum Gasteiger partial charge on any atom is -0.482 e. The molecule has 3 aliphatic rings. The van der Waals surface area contributed by atoms with Gasteiger partial charge in [-0.25, -0.2) is 0 Å². The number of rotatable bonds is 10. The van der Waals surface area contributed by atoms with Crippen LogP contribution in [0, 0.1) is 5.92 Å². The van der Waals surface area contributed by atoms with Crippen LogP contribution < -0.4 is 25.2 Å². The summed E-state index contributed by atoms with van der Waals surface area (Å²) in [5.74, 6) is 0.383. The normalized spacial score (nSPS) is 19.6. The molecule has 230 valence electrons. The molecule has 1 saturated carbocycles. The lowest BCUT2D eigenvalue weighted by Crippen LogP contribution is -2.47. The van der Waals surface area contributed by atoms with Crippen LogP contribution in [0.2, 0.25) is 0 Å². The molecule has 6 rings (SSSR count). The number of piperidine rings is 1. The van der Waals surface area contributed by atoms with E-state index < -0.39 is 0 Å². The Balaban J connectivity index is 1.28. The van der Waals surface area contributed by atoms with Crippen LogP contribution in [0.3, 0.4) is 0 Å². The summed E-state index contributed by atoms with van der Waals surface area (Å²) in [5, 5.41) is 6.34. The van der Waals surface area contributed by atoms with Crippen LogP contribution in [0.1, 0.15) is 44.1 Å². The second-order valence-corrected chi connectivity index (χ2v) is 11.9. The third-order valence-electron chi connectivity index (χ3n) is 8.67. The molecule has 1 aliphatic carbocycles. The van der Waals surface area contributed by atoms with Gasteiger partial charge in [0.15, 0.2) is 6.61 Å². The van der Waals surface area contributed by atoms with Gasteiger partial charge in [-0.15, -0.1) is 0 Å². The number of carbonyl (C=O) groups is 3. The molecule has 1 saturated heterocycles. The molecule has 0 radical (unpaired) electrons. The van der Waals surface area contributed by atoms with Crippen LogP contribution in [-0.2, 0) is 19.1 Å². The Bertz CT molecular complexity index is 1540. The summed E-state index contributed by atoms with van der Waals surface area (Å²) < 4.78 is 11.0. The summed E-state index contributed by atoms with van der Waals surface area (Å²) in [4.78, 5) is 42.7. The molecule has 44 heavy (non-hydrogen) atoms. The molecule has 0 spiro atoms. The fourth-order valence-electron chi connectivity index (χ4n) is 6.43. The number of carbonyl (C=O) groups excluding carboxylic acids is 3. The summed E-state index contributed by atoms with van der Waals surface area (Å²) in [6, 6.07) is 22.2. The molecule has 9 nitrogen and oxygen atoms in total. The van der Waals surface area contributed by atoms with E-state index in [1.54, 1.807) is 12.0 Å². The molecule has 2 heterocycles. The van der Waals surface area contributed by atoms with E-state index in [0.29, 0.717) is 37.6 Å². The number of amides is 3. The molecular weight excluding hydrogens is 556 g/mol. The van der Waals surface area contributed by atoms with E-state index in [0.717, 1.165) is 53.9 Å². The Morgan fingerprint density at radius 1 is 1.05 bits per heavy atom. The van der Waals surface area contributed by atoms with Crippen molar-refractivity contribution in [3.63, 3.8) is 0 Å². The van der Waals surface area contributed by atoms with Gasteiger partial charge in [-0.2, -0.15) is 0 Å². The highest BCUT2D eigenvalue weighted by Gasteiger charge is 2.41. The molecule has 0 aromatic heterocycles. The van der Waals surface area contributed by atoms with E-state index in [2.05, 4.69) is 34.9 Å². The SMILES string of the molecule is COCCCN1C(=O)COc2ccc(N(C(=O)[C@H]3CNCC[C@@H]3c3cccc(-c4cccc(NC(C)=O)c4)c3)C3CC3)cc21. The van der Waals surface area contributed by atoms with E-state index in [1.807, 2.05) is 47.4 Å². The zero-order chi connectivity index (χ0) is 30.6.